The molecule has 0 bridgehead atoms. The maximum Gasteiger partial charge on any atom is 4.00 e. The third-order valence-corrected chi connectivity index (χ3v) is 0. The third kappa shape index (κ3) is 79.3. The molecule has 0 aliphatic rings. The maximum atomic E-state index is 7.00. The van der Waals surface area contributed by atoms with E-state index in [1.165, 1.54) is 0 Å². The molecule has 0 aliphatic heterocycles. The van der Waals surface area contributed by atoms with Crippen LogP contribution in [0.1, 0.15) is 0 Å². The first kappa shape index (κ1) is 67.5. The Kier molecular flexibility index (Phi) is 1050. The fraction of sp³-hybridized carbons (Fsp3) is 1.00. The van der Waals surface area contributed by atoms with Crippen LogP contribution in [-0.2, 0) is 21.7 Å². The molecule has 0 aliphatic carbocycles. The van der Waals surface area contributed by atoms with Gasteiger partial charge in [0.05, 0.1) is 0 Å². The van der Waals surface area contributed by atoms with Crippen LogP contribution in [0.25, 0.3) is 0 Å². The average molecular weight is 222 g/mol. The molecule has 0 unspecified atom stereocenters. The molecular weight excluding hydrogens is 218 g/mol. The van der Waals surface area contributed by atoms with Crippen LogP contribution < -0.4 is 49.6 Å². The van der Waals surface area contributed by atoms with Gasteiger partial charge < -0.3 is 54.7 Å². The van der Waals surface area contributed by atoms with Crippen LogP contribution in [-0.4, -0.2) is 12.2 Å². The molecule has 0 saturated heterocycles. The smallest absolute Gasteiger partial charge is 1.00 e. The summed E-state index contributed by atoms with van der Waals surface area (Å²) in [7, 11) is 1.00. The standard InChI is InChI=1S/CH4O.4ClH.Ti/c1-2;;;;;/h2H,1H3;4*1H;/q;;;;;+4/p-4. The molecular formula is CH4Cl4OTi. The molecule has 0 aromatic rings. The van der Waals surface area contributed by atoms with Crippen molar-refractivity contribution in [2.45, 2.75) is 0 Å². The molecule has 46 valence electrons. The number of rotatable bonds is 0. The summed E-state index contributed by atoms with van der Waals surface area (Å²) in [4.78, 5) is 0. The van der Waals surface area contributed by atoms with Gasteiger partial charge in [0.15, 0.2) is 0 Å². The minimum atomic E-state index is 0. The topological polar surface area (TPSA) is 20.2 Å². The largest absolute Gasteiger partial charge is 4.00 e. The SMILES string of the molecule is CO.[Cl-].[Cl-].[Cl-].[Cl-].[Ti+4]. The number of hydrogen-bond donors (Lipinski definition) is 1. The Morgan fingerprint density at radius 2 is 0.714 bits per heavy atom. The van der Waals surface area contributed by atoms with Gasteiger partial charge in [-0.25, -0.2) is 0 Å². The number of hydrogen-bond acceptors (Lipinski definition) is 1. The monoisotopic (exact) mass is 220 g/mol. The molecule has 0 aromatic heterocycles. The molecule has 0 aromatic carbocycles. The van der Waals surface area contributed by atoms with Gasteiger partial charge in [-0.2, -0.15) is 0 Å². The zero-order chi connectivity index (χ0) is 2.00. The second-order valence-electron chi connectivity index (χ2n) is 0. The molecule has 1 N–H and O–H groups in total. The average Bonchev–Trinajstić information content (AvgIpc) is 1.00. The van der Waals surface area contributed by atoms with Crippen LogP contribution in [0, 0.1) is 0 Å². The predicted octanol–water partition coefficient (Wildman–Crippen LogP) is -12.4. The third-order valence-electron chi connectivity index (χ3n) is 0. The molecule has 0 radical (unpaired) electrons. The van der Waals surface area contributed by atoms with E-state index in [4.69, 9.17) is 5.11 Å². The van der Waals surface area contributed by atoms with E-state index in [0.717, 1.165) is 7.11 Å². The summed E-state index contributed by atoms with van der Waals surface area (Å²) in [6, 6.07) is 0. The van der Waals surface area contributed by atoms with Crippen LogP contribution >= 0.6 is 0 Å². The van der Waals surface area contributed by atoms with Crippen molar-refractivity contribution in [1.29, 1.82) is 0 Å². The molecule has 0 spiro atoms. The quantitative estimate of drug-likeness (QED) is 0.403. The van der Waals surface area contributed by atoms with Gasteiger partial charge in [-0.15, -0.1) is 0 Å². The van der Waals surface area contributed by atoms with Crippen molar-refractivity contribution in [1.82, 2.24) is 0 Å². The normalized spacial score (nSPS) is 0.857. The molecule has 0 saturated carbocycles. The van der Waals surface area contributed by atoms with Crippen LogP contribution in [0.3, 0.4) is 0 Å². The van der Waals surface area contributed by atoms with Crippen molar-refractivity contribution in [3.63, 3.8) is 0 Å². The molecule has 6 heteroatoms. The Morgan fingerprint density at radius 3 is 0.714 bits per heavy atom. The Hall–Kier alpha value is 1.83. The summed E-state index contributed by atoms with van der Waals surface area (Å²) < 4.78 is 0. The molecule has 0 amide bonds. The number of aliphatic hydroxyl groups is 1. The fourth-order valence-corrected chi connectivity index (χ4v) is 0. The van der Waals surface area contributed by atoms with Crippen LogP contribution in [0.4, 0.5) is 0 Å². The zero-order valence-electron chi connectivity index (χ0n) is 3.46. The van der Waals surface area contributed by atoms with Gasteiger partial charge in [-0.3, -0.25) is 0 Å². The molecule has 0 atom stereocenters. The summed E-state index contributed by atoms with van der Waals surface area (Å²) in [5.41, 5.74) is 0. The van der Waals surface area contributed by atoms with E-state index in [0.29, 0.717) is 0 Å². The van der Waals surface area contributed by atoms with E-state index in [1.807, 2.05) is 0 Å². The van der Waals surface area contributed by atoms with E-state index in [1.54, 1.807) is 0 Å². The Bertz CT molecular complexity index is 11.7. The molecule has 0 fully saturated rings. The second kappa shape index (κ2) is 109. The van der Waals surface area contributed by atoms with E-state index in [-0.39, 0.29) is 71.3 Å². The van der Waals surface area contributed by atoms with E-state index in [9.17, 15) is 0 Å². The summed E-state index contributed by atoms with van der Waals surface area (Å²) >= 11 is 0. The first-order valence-electron chi connectivity index (χ1n) is 0.447. The molecule has 7 heavy (non-hydrogen) atoms. The molecule has 0 heterocycles. The Balaban J connectivity index is -0.000000000500. The van der Waals surface area contributed by atoms with Crippen molar-refractivity contribution >= 4 is 0 Å². The summed E-state index contributed by atoms with van der Waals surface area (Å²) in [6.45, 7) is 0. The second-order valence-corrected chi connectivity index (χ2v) is 0. The zero-order valence-corrected chi connectivity index (χ0v) is 8.04. The fourth-order valence-electron chi connectivity index (χ4n) is 0. The van der Waals surface area contributed by atoms with Gasteiger partial charge in [0.1, 0.15) is 0 Å². The van der Waals surface area contributed by atoms with Crippen molar-refractivity contribution < 1.29 is 76.5 Å². The Morgan fingerprint density at radius 1 is 0.714 bits per heavy atom. The minimum Gasteiger partial charge on any atom is -1.00 e. The van der Waals surface area contributed by atoms with Crippen LogP contribution in [0.15, 0.2) is 0 Å². The van der Waals surface area contributed by atoms with Crippen LogP contribution in [0.2, 0.25) is 0 Å². The predicted molar refractivity (Wildman–Crippen MR) is 8.14 cm³/mol. The minimum absolute atomic E-state index is 0. The van der Waals surface area contributed by atoms with E-state index < -0.39 is 0 Å². The first-order chi connectivity index (χ1) is 1.00. The van der Waals surface area contributed by atoms with E-state index >= 15 is 0 Å². The van der Waals surface area contributed by atoms with Gasteiger partial charge in [-0.1, -0.05) is 0 Å². The summed E-state index contributed by atoms with van der Waals surface area (Å²) in [5.74, 6) is 0. The van der Waals surface area contributed by atoms with Crippen molar-refractivity contribution in [3.05, 3.63) is 0 Å². The number of aliphatic hydroxyl groups excluding tert-OH is 1. The van der Waals surface area contributed by atoms with Gasteiger partial charge >= 0.3 is 21.7 Å². The number of halogens is 4. The van der Waals surface area contributed by atoms with Crippen molar-refractivity contribution in [2.75, 3.05) is 7.11 Å². The van der Waals surface area contributed by atoms with Gasteiger partial charge in [0.25, 0.3) is 0 Å². The summed E-state index contributed by atoms with van der Waals surface area (Å²) in [6.07, 6.45) is 0. The molecule has 0 rings (SSSR count). The van der Waals surface area contributed by atoms with E-state index in [2.05, 4.69) is 0 Å². The van der Waals surface area contributed by atoms with Crippen LogP contribution in [0.5, 0.6) is 0 Å². The first-order valence-corrected chi connectivity index (χ1v) is 0.447. The van der Waals surface area contributed by atoms with Gasteiger partial charge in [0.2, 0.25) is 0 Å². The summed E-state index contributed by atoms with van der Waals surface area (Å²) in [5, 5.41) is 7.00. The Labute approximate surface area is 83.2 Å². The van der Waals surface area contributed by atoms with Crippen molar-refractivity contribution in [3.8, 4) is 0 Å². The van der Waals surface area contributed by atoms with Gasteiger partial charge in [0, 0.05) is 7.11 Å². The molecule has 1 nitrogen and oxygen atoms in total. The van der Waals surface area contributed by atoms with Gasteiger partial charge in [-0.05, 0) is 0 Å². The maximum absolute atomic E-state index is 7.00. The van der Waals surface area contributed by atoms with Crippen molar-refractivity contribution in [2.24, 2.45) is 0 Å².